The lowest BCUT2D eigenvalue weighted by molar-refractivity contribution is 0.399. The first-order valence-electron chi connectivity index (χ1n) is 13.1. The molecule has 0 saturated carbocycles. The van der Waals surface area contributed by atoms with Crippen LogP contribution in [0.5, 0.6) is 5.88 Å². The van der Waals surface area contributed by atoms with Gasteiger partial charge in [-0.25, -0.2) is 19.9 Å². The maximum absolute atomic E-state index is 5.62. The minimum atomic E-state index is 0.492. The van der Waals surface area contributed by atoms with Crippen LogP contribution < -0.4 is 4.74 Å². The first-order chi connectivity index (χ1) is 20.0. The fourth-order valence-electron chi connectivity index (χ4n) is 4.59. The van der Waals surface area contributed by atoms with Crippen molar-refractivity contribution in [2.24, 2.45) is 4.99 Å². The summed E-state index contributed by atoms with van der Waals surface area (Å²) in [6.07, 6.45) is 7.23. The van der Waals surface area contributed by atoms with E-state index in [9.17, 15) is 0 Å². The molecule has 0 atom stereocenters. The zero-order valence-corrected chi connectivity index (χ0v) is 23.2. The summed E-state index contributed by atoms with van der Waals surface area (Å²) in [5.41, 5.74) is 7.45. The topological polar surface area (TPSA) is 80.8 Å². The Kier molecular flexibility index (Phi) is 6.84. The van der Waals surface area contributed by atoms with Crippen molar-refractivity contribution in [2.75, 3.05) is 21.2 Å². The average molecular weight is 538 g/mol. The Bertz CT molecular complexity index is 2000. The van der Waals surface area contributed by atoms with Crippen molar-refractivity contribution in [3.63, 3.8) is 0 Å². The summed E-state index contributed by atoms with van der Waals surface area (Å²) < 4.78 is 7.68. The molecule has 6 aromatic rings. The fraction of sp³-hybridized carbons (Fsp3) is 0.121. The minimum absolute atomic E-state index is 0.492. The molecule has 0 aliphatic carbocycles. The monoisotopic (exact) mass is 537 g/mol. The molecule has 0 aliphatic heterocycles. The van der Waals surface area contributed by atoms with E-state index in [1.807, 2.05) is 92.8 Å². The van der Waals surface area contributed by atoms with Gasteiger partial charge in [-0.1, -0.05) is 12.0 Å². The summed E-state index contributed by atoms with van der Waals surface area (Å²) in [4.78, 5) is 25.1. The van der Waals surface area contributed by atoms with E-state index in [2.05, 4.69) is 37.3 Å². The van der Waals surface area contributed by atoms with Crippen LogP contribution >= 0.6 is 0 Å². The highest BCUT2D eigenvalue weighted by molar-refractivity contribution is 5.86. The van der Waals surface area contributed by atoms with E-state index in [-0.39, 0.29) is 0 Å². The van der Waals surface area contributed by atoms with Gasteiger partial charge in [-0.2, -0.15) is 0 Å². The van der Waals surface area contributed by atoms with Gasteiger partial charge in [-0.15, -0.1) is 0 Å². The number of imidazole rings is 1. The van der Waals surface area contributed by atoms with Crippen LogP contribution in [-0.4, -0.2) is 56.8 Å². The van der Waals surface area contributed by atoms with Gasteiger partial charge in [0, 0.05) is 49.2 Å². The highest BCUT2D eigenvalue weighted by Gasteiger charge is 2.22. The van der Waals surface area contributed by atoms with Crippen molar-refractivity contribution < 1.29 is 4.74 Å². The molecule has 0 N–H and O–H groups in total. The lowest BCUT2D eigenvalue weighted by atomic mass is 10.0. The fourth-order valence-corrected chi connectivity index (χ4v) is 4.59. The number of aryl methyl sites for hydroxylation is 1. The normalized spacial score (nSPS) is 11.1. The maximum atomic E-state index is 5.62. The Hall–Kier alpha value is -5.55. The first kappa shape index (κ1) is 25.7. The Morgan fingerprint density at radius 3 is 2.61 bits per heavy atom. The summed E-state index contributed by atoms with van der Waals surface area (Å²) in [6, 6.07) is 21.8. The third-order valence-electron chi connectivity index (χ3n) is 6.49. The minimum Gasteiger partial charge on any atom is -0.481 e. The summed E-state index contributed by atoms with van der Waals surface area (Å²) in [7, 11) is 5.45. The molecule has 0 fully saturated rings. The largest absolute Gasteiger partial charge is 0.481 e. The number of nitrogens with zero attached hydrogens (tertiary/aromatic N) is 7. The molecule has 8 nitrogen and oxygen atoms in total. The number of aromatic nitrogens is 5. The molecule has 8 heteroatoms. The molecular weight excluding hydrogens is 510 g/mol. The van der Waals surface area contributed by atoms with E-state index in [4.69, 9.17) is 14.7 Å². The molecule has 0 spiro atoms. The molecule has 41 heavy (non-hydrogen) atoms. The summed E-state index contributed by atoms with van der Waals surface area (Å²) in [6.45, 7) is 2.05. The number of pyridine rings is 4. The number of benzene rings is 1. The third-order valence-corrected chi connectivity index (χ3v) is 6.49. The maximum Gasteiger partial charge on any atom is 0.222 e. The summed E-state index contributed by atoms with van der Waals surface area (Å²) in [5, 5.41) is 1.03. The van der Waals surface area contributed by atoms with Gasteiger partial charge < -0.3 is 9.64 Å². The Labute approximate surface area is 238 Å². The highest BCUT2D eigenvalue weighted by atomic mass is 16.5. The molecule has 0 bridgehead atoms. The molecule has 1 aromatic carbocycles. The van der Waals surface area contributed by atoms with Crippen LogP contribution in [0.15, 0.2) is 90.3 Å². The van der Waals surface area contributed by atoms with E-state index >= 15 is 0 Å². The van der Waals surface area contributed by atoms with Crippen LogP contribution in [0.3, 0.4) is 0 Å². The predicted octanol–water partition coefficient (Wildman–Crippen LogP) is 5.94. The van der Waals surface area contributed by atoms with Gasteiger partial charge in [0.2, 0.25) is 5.88 Å². The van der Waals surface area contributed by atoms with Crippen molar-refractivity contribution in [1.82, 2.24) is 29.2 Å². The van der Waals surface area contributed by atoms with E-state index in [0.717, 1.165) is 50.2 Å². The number of aliphatic imine (C=N–C) groups is 1. The third kappa shape index (κ3) is 5.21. The van der Waals surface area contributed by atoms with Crippen molar-refractivity contribution in [3.05, 3.63) is 102 Å². The highest BCUT2D eigenvalue weighted by Crippen LogP contribution is 2.38. The standard InChI is InChI=1S/C33H27N7O/c1-22-15-18-40-30(19-22)38-31(26-8-6-17-35-33(26)41-4)32(40)25-11-14-29(36-21-39(2)3)37-28(25)13-10-23-9-12-27-24(20-23)7-5-16-34-27/h5-9,11-12,14-21H,1-4H3/b36-21-. The van der Waals surface area contributed by atoms with Crippen molar-refractivity contribution in [2.45, 2.75) is 6.92 Å². The van der Waals surface area contributed by atoms with Crippen molar-refractivity contribution in [1.29, 1.82) is 0 Å². The van der Waals surface area contributed by atoms with Gasteiger partial charge in [-0.3, -0.25) is 9.38 Å². The van der Waals surface area contributed by atoms with Crippen LogP contribution in [0, 0.1) is 18.8 Å². The van der Waals surface area contributed by atoms with Crippen molar-refractivity contribution >= 4 is 28.7 Å². The zero-order valence-electron chi connectivity index (χ0n) is 23.2. The molecule has 0 amide bonds. The smallest absolute Gasteiger partial charge is 0.222 e. The van der Waals surface area contributed by atoms with Crippen molar-refractivity contribution in [3.8, 4) is 40.2 Å². The van der Waals surface area contributed by atoms with E-state index in [1.54, 1.807) is 25.8 Å². The van der Waals surface area contributed by atoms with Gasteiger partial charge in [0.1, 0.15) is 17.0 Å². The van der Waals surface area contributed by atoms with Gasteiger partial charge in [0.15, 0.2) is 5.82 Å². The summed E-state index contributed by atoms with van der Waals surface area (Å²) >= 11 is 0. The number of ether oxygens (including phenoxy) is 1. The van der Waals surface area contributed by atoms with Crippen LogP contribution in [0.2, 0.25) is 0 Å². The number of fused-ring (bicyclic) bond motifs is 2. The number of hydrogen-bond donors (Lipinski definition) is 0. The van der Waals surface area contributed by atoms with Gasteiger partial charge in [0.05, 0.1) is 30.2 Å². The lowest BCUT2D eigenvalue weighted by Gasteiger charge is -2.11. The van der Waals surface area contributed by atoms with Gasteiger partial charge >= 0.3 is 0 Å². The molecule has 0 aliphatic rings. The SMILES string of the molecule is COc1ncccc1-c1nc2cc(C)ccn2c1-c1ccc(/N=C\N(C)C)nc1C#Cc1ccc2ncccc2c1. The van der Waals surface area contributed by atoms with Crippen LogP contribution in [0.25, 0.3) is 39.1 Å². The molecule has 0 unspecified atom stereocenters. The van der Waals surface area contributed by atoms with Crippen LogP contribution in [0.1, 0.15) is 16.8 Å². The lowest BCUT2D eigenvalue weighted by Crippen LogP contribution is -2.07. The van der Waals surface area contributed by atoms with E-state index in [1.165, 1.54) is 0 Å². The Balaban J connectivity index is 1.59. The second-order valence-electron chi connectivity index (χ2n) is 9.74. The number of rotatable bonds is 5. The predicted molar refractivity (Wildman–Crippen MR) is 163 cm³/mol. The number of hydrogen-bond acceptors (Lipinski definition) is 6. The van der Waals surface area contributed by atoms with Gasteiger partial charge in [0.25, 0.3) is 0 Å². The molecule has 6 rings (SSSR count). The average Bonchev–Trinajstić information content (AvgIpc) is 3.36. The zero-order chi connectivity index (χ0) is 28.3. The van der Waals surface area contributed by atoms with E-state index < -0.39 is 0 Å². The first-order valence-corrected chi connectivity index (χ1v) is 13.1. The molecule has 5 aromatic heterocycles. The molecular formula is C33H27N7O. The molecule has 0 saturated heterocycles. The quantitative estimate of drug-likeness (QED) is 0.154. The molecule has 200 valence electrons. The Morgan fingerprint density at radius 1 is 0.902 bits per heavy atom. The molecule has 0 radical (unpaired) electrons. The second-order valence-corrected chi connectivity index (χ2v) is 9.74. The van der Waals surface area contributed by atoms with Crippen LogP contribution in [-0.2, 0) is 0 Å². The summed E-state index contributed by atoms with van der Waals surface area (Å²) in [5.74, 6) is 7.70. The molecule has 5 heterocycles. The number of methoxy groups -OCH3 is 1. The van der Waals surface area contributed by atoms with Gasteiger partial charge in [-0.05, 0) is 79.1 Å². The van der Waals surface area contributed by atoms with Crippen LogP contribution in [0.4, 0.5) is 5.82 Å². The second kappa shape index (κ2) is 10.9. The Morgan fingerprint density at radius 2 is 1.76 bits per heavy atom. The van der Waals surface area contributed by atoms with E-state index in [0.29, 0.717) is 17.4 Å².